The van der Waals surface area contributed by atoms with Crippen molar-refractivity contribution < 1.29 is 0 Å². The minimum atomic E-state index is 0.750. The summed E-state index contributed by atoms with van der Waals surface area (Å²) in [4.78, 5) is 0. The van der Waals surface area contributed by atoms with Crippen molar-refractivity contribution in [2.75, 3.05) is 5.88 Å². The van der Waals surface area contributed by atoms with Gasteiger partial charge in [-0.25, -0.2) is 0 Å². The highest BCUT2D eigenvalue weighted by atomic mass is 35.5. The number of benzene rings is 1. The van der Waals surface area contributed by atoms with Gasteiger partial charge in [-0.3, -0.25) is 0 Å². The van der Waals surface area contributed by atoms with E-state index in [0.29, 0.717) is 0 Å². The van der Waals surface area contributed by atoms with Gasteiger partial charge in [-0.1, -0.05) is 42.0 Å². The molecule has 0 N–H and O–H groups in total. The fourth-order valence-electron chi connectivity index (χ4n) is 1.18. The first-order chi connectivity index (χ1) is 6.84. The van der Waals surface area contributed by atoms with E-state index < -0.39 is 0 Å². The maximum atomic E-state index is 5.99. The topological polar surface area (TPSA) is 0 Å². The molecular formula is C12H14Cl2. The molecule has 0 amide bonds. The van der Waals surface area contributed by atoms with Crippen molar-refractivity contribution in [1.29, 1.82) is 0 Å². The van der Waals surface area contributed by atoms with Crippen LogP contribution in [0.2, 0.25) is 5.02 Å². The molecule has 0 atom stereocenters. The molecule has 14 heavy (non-hydrogen) atoms. The third-order valence-electron chi connectivity index (χ3n) is 1.96. The van der Waals surface area contributed by atoms with E-state index in [1.165, 1.54) is 0 Å². The zero-order chi connectivity index (χ0) is 10.2. The molecule has 0 spiro atoms. The molecule has 0 saturated carbocycles. The van der Waals surface area contributed by atoms with E-state index in [9.17, 15) is 0 Å². The smallest absolute Gasteiger partial charge is 0.0478 e. The molecule has 0 aliphatic rings. The quantitative estimate of drug-likeness (QED) is 0.504. The molecule has 76 valence electrons. The molecule has 0 aromatic heterocycles. The number of hydrogen-bond donors (Lipinski definition) is 0. The first-order valence-electron chi connectivity index (χ1n) is 4.81. The van der Waals surface area contributed by atoms with Crippen LogP contribution in [0.4, 0.5) is 0 Å². The van der Waals surface area contributed by atoms with Gasteiger partial charge in [0.1, 0.15) is 0 Å². The first-order valence-corrected chi connectivity index (χ1v) is 5.73. The third-order valence-corrected chi connectivity index (χ3v) is 2.57. The minimum Gasteiger partial charge on any atom is -0.127 e. The Labute approximate surface area is 95.5 Å². The fourth-order valence-corrected chi connectivity index (χ4v) is 1.56. The Kier molecular flexibility index (Phi) is 5.74. The SMILES string of the molecule is ClCCCC/C=C/c1ccccc1Cl. The van der Waals surface area contributed by atoms with Gasteiger partial charge in [0, 0.05) is 10.9 Å². The summed E-state index contributed by atoms with van der Waals surface area (Å²) < 4.78 is 0. The molecule has 0 radical (unpaired) electrons. The van der Waals surface area contributed by atoms with Crippen LogP contribution in [0.3, 0.4) is 0 Å². The number of unbranched alkanes of at least 4 members (excludes halogenated alkanes) is 2. The van der Waals surface area contributed by atoms with Crippen molar-refractivity contribution in [1.82, 2.24) is 0 Å². The maximum absolute atomic E-state index is 5.99. The van der Waals surface area contributed by atoms with Crippen LogP contribution in [0.15, 0.2) is 30.3 Å². The van der Waals surface area contributed by atoms with Crippen molar-refractivity contribution in [3.05, 3.63) is 40.9 Å². The molecule has 0 unspecified atom stereocenters. The van der Waals surface area contributed by atoms with Crippen LogP contribution in [0.1, 0.15) is 24.8 Å². The highest BCUT2D eigenvalue weighted by Gasteiger charge is 1.92. The Morgan fingerprint density at radius 2 is 1.93 bits per heavy atom. The lowest BCUT2D eigenvalue weighted by Gasteiger charge is -1.96. The number of allylic oxidation sites excluding steroid dienone is 1. The van der Waals surface area contributed by atoms with Gasteiger partial charge in [0.25, 0.3) is 0 Å². The summed E-state index contributed by atoms with van der Waals surface area (Å²) in [6, 6.07) is 7.85. The fraction of sp³-hybridized carbons (Fsp3) is 0.333. The van der Waals surface area contributed by atoms with Crippen LogP contribution in [0.5, 0.6) is 0 Å². The van der Waals surface area contributed by atoms with Gasteiger partial charge in [-0.15, -0.1) is 11.6 Å². The Balaban J connectivity index is 2.40. The van der Waals surface area contributed by atoms with Gasteiger partial charge in [0.05, 0.1) is 0 Å². The van der Waals surface area contributed by atoms with E-state index in [1.54, 1.807) is 0 Å². The predicted octanol–water partition coefficient (Wildman–Crippen LogP) is 4.76. The highest BCUT2D eigenvalue weighted by Crippen LogP contribution is 2.16. The monoisotopic (exact) mass is 228 g/mol. The molecule has 1 aromatic carbocycles. The average molecular weight is 229 g/mol. The molecule has 1 aromatic rings. The second kappa shape index (κ2) is 6.92. The summed E-state index contributed by atoms with van der Waals surface area (Å²) in [7, 11) is 0. The Bertz CT molecular complexity index is 292. The summed E-state index contributed by atoms with van der Waals surface area (Å²) in [5.74, 6) is 0.750. The molecule has 0 nitrogen and oxygen atoms in total. The van der Waals surface area contributed by atoms with Crippen LogP contribution < -0.4 is 0 Å². The van der Waals surface area contributed by atoms with Crippen LogP contribution >= 0.6 is 23.2 Å². The highest BCUT2D eigenvalue weighted by molar-refractivity contribution is 6.32. The Morgan fingerprint density at radius 1 is 1.14 bits per heavy atom. The molecule has 0 aliphatic carbocycles. The van der Waals surface area contributed by atoms with Crippen molar-refractivity contribution in [3.63, 3.8) is 0 Å². The van der Waals surface area contributed by atoms with Crippen LogP contribution in [-0.2, 0) is 0 Å². The summed E-state index contributed by atoms with van der Waals surface area (Å²) in [5.41, 5.74) is 1.08. The van der Waals surface area contributed by atoms with Crippen LogP contribution in [0.25, 0.3) is 6.08 Å². The normalized spacial score (nSPS) is 11.0. The second-order valence-corrected chi connectivity index (χ2v) is 3.89. The number of alkyl halides is 1. The van der Waals surface area contributed by atoms with Crippen LogP contribution in [-0.4, -0.2) is 5.88 Å². The van der Waals surface area contributed by atoms with Crippen LogP contribution in [0, 0.1) is 0 Å². The minimum absolute atomic E-state index is 0.750. The van der Waals surface area contributed by atoms with Crippen molar-refractivity contribution in [3.8, 4) is 0 Å². The van der Waals surface area contributed by atoms with Crippen molar-refractivity contribution >= 4 is 29.3 Å². The lowest BCUT2D eigenvalue weighted by molar-refractivity contribution is 0.822. The molecule has 0 heterocycles. The van der Waals surface area contributed by atoms with Gasteiger partial charge in [0.2, 0.25) is 0 Å². The second-order valence-electron chi connectivity index (χ2n) is 3.11. The molecule has 0 fully saturated rings. The van der Waals surface area contributed by atoms with Crippen molar-refractivity contribution in [2.24, 2.45) is 0 Å². The van der Waals surface area contributed by atoms with E-state index in [2.05, 4.69) is 12.2 Å². The average Bonchev–Trinajstić information content (AvgIpc) is 2.20. The van der Waals surface area contributed by atoms with Gasteiger partial charge in [-0.2, -0.15) is 0 Å². The van der Waals surface area contributed by atoms with E-state index in [0.717, 1.165) is 35.7 Å². The molecule has 1 rings (SSSR count). The molecule has 0 aliphatic heterocycles. The maximum Gasteiger partial charge on any atom is 0.0478 e. The van der Waals surface area contributed by atoms with E-state index in [4.69, 9.17) is 23.2 Å². The number of rotatable bonds is 5. The molecular weight excluding hydrogens is 215 g/mol. The lowest BCUT2D eigenvalue weighted by atomic mass is 10.2. The molecule has 0 saturated heterocycles. The summed E-state index contributed by atoms with van der Waals surface area (Å²) in [6.45, 7) is 0. The van der Waals surface area contributed by atoms with E-state index in [1.807, 2.05) is 24.3 Å². The van der Waals surface area contributed by atoms with Crippen molar-refractivity contribution in [2.45, 2.75) is 19.3 Å². The van der Waals surface area contributed by atoms with Gasteiger partial charge < -0.3 is 0 Å². The summed E-state index contributed by atoms with van der Waals surface area (Å²) in [6.07, 6.45) is 7.50. The third kappa shape index (κ3) is 4.17. The first kappa shape index (κ1) is 11.6. The van der Waals surface area contributed by atoms with Gasteiger partial charge in [-0.05, 0) is 30.9 Å². The zero-order valence-corrected chi connectivity index (χ0v) is 9.56. The Morgan fingerprint density at radius 3 is 2.64 bits per heavy atom. The molecule has 2 heteroatoms. The largest absolute Gasteiger partial charge is 0.127 e. The molecule has 0 bridgehead atoms. The number of hydrogen-bond acceptors (Lipinski definition) is 0. The number of halogens is 2. The predicted molar refractivity (Wildman–Crippen MR) is 65.1 cm³/mol. The van der Waals surface area contributed by atoms with Gasteiger partial charge in [0.15, 0.2) is 0 Å². The standard InChI is InChI=1S/C12H14Cl2/c13-10-6-2-1-3-7-11-8-4-5-9-12(11)14/h3-5,7-9H,1-2,6,10H2/b7-3+. The van der Waals surface area contributed by atoms with E-state index >= 15 is 0 Å². The summed E-state index contributed by atoms with van der Waals surface area (Å²) >= 11 is 11.6. The summed E-state index contributed by atoms with van der Waals surface area (Å²) in [5, 5.41) is 0.807. The zero-order valence-electron chi connectivity index (χ0n) is 8.05. The lowest BCUT2D eigenvalue weighted by Crippen LogP contribution is -1.76. The van der Waals surface area contributed by atoms with Gasteiger partial charge >= 0.3 is 0 Å². The Hall–Kier alpha value is -0.460. The van der Waals surface area contributed by atoms with E-state index in [-0.39, 0.29) is 0 Å².